The first-order valence-electron chi connectivity index (χ1n) is 4.00. The average Bonchev–Trinajstić information content (AvgIpc) is 2.10. The van der Waals surface area contributed by atoms with Gasteiger partial charge in [-0.2, -0.15) is 0 Å². The molecule has 0 radical (unpaired) electrons. The Morgan fingerprint density at radius 3 is 2.33 bits per heavy atom. The van der Waals surface area contributed by atoms with Gasteiger partial charge < -0.3 is 5.32 Å². The minimum atomic E-state index is 0.755. The highest BCUT2D eigenvalue weighted by atomic mass is 15.0. The highest BCUT2D eigenvalue weighted by molar-refractivity contribution is 4.84. The molecule has 1 rings (SSSR count). The topological polar surface area (TPSA) is 12.0 Å². The largest absolute Gasteiger partial charge is 0.311 e. The molecule has 0 unspecified atom stereocenters. The van der Waals surface area contributed by atoms with Crippen molar-refractivity contribution in [3.05, 3.63) is 0 Å². The van der Waals surface area contributed by atoms with Crippen LogP contribution in [0.2, 0.25) is 0 Å². The lowest BCUT2D eigenvalue weighted by atomic mass is 10.0. The van der Waals surface area contributed by atoms with E-state index in [9.17, 15) is 0 Å². The van der Waals surface area contributed by atoms with Crippen LogP contribution >= 0.6 is 0 Å². The second-order valence-corrected chi connectivity index (χ2v) is 3.30. The molecule has 1 aliphatic rings. The lowest BCUT2D eigenvalue weighted by Gasteiger charge is -2.11. The third-order valence-corrected chi connectivity index (χ3v) is 2.35. The quantitative estimate of drug-likeness (QED) is 0.566. The first-order chi connectivity index (χ1) is 4.24. The summed E-state index contributed by atoms with van der Waals surface area (Å²) in [7, 11) is 0. The Balaban J connectivity index is 2.38. The van der Waals surface area contributed by atoms with Crippen LogP contribution in [0, 0.1) is 5.92 Å². The van der Waals surface area contributed by atoms with Crippen molar-refractivity contribution in [1.82, 2.24) is 5.32 Å². The summed E-state index contributed by atoms with van der Waals surface area (Å²) < 4.78 is 0. The van der Waals surface area contributed by atoms with Gasteiger partial charge in [0.1, 0.15) is 0 Å². The summed E-state index contributed by atoms with van der Waals surface area (Å²) >= 11 is 0. The molecule has 0 aliphatic carbocycles. The molecule has 1 saturated heterocycles. The van der Waals surface area contributed by atoms with Crippen molar-refractivity contribution in [2.75, 3.05) is 0 Å². The standard InChI is InChI=1S/C8H17N/c1-4-8-6(2)5-7(3)9-8/h6-9H,4-5H2,1-3H3/t6-,7+,8-/m0/s1. The van der Waals surface area contributed by atoms with E-state index in [0.29, 0.717) is 0 Å². The Hall–Kier alpha value is -0.0400. The fraction of sp³-hybridized carbons (Fsp3) is 1.00. The van der Waals surface area contributed by atoms with E-state index in [1.54, 1.807) is 0 Å². The van der Waals surface area contributed by atoms with Crippen molar-refractivity contribution in [2.24, 2.45) is 5.92 Å². The number of rotatable bonds is 1. The van der Waals surface area contributed by atoms with Crippen molar-refractivity contribution in [1.29, 1.82) is 0 Å². The highest BCUT2D eigenvalue weighted by Crippen LogP contribution is 2.21. The van der Waals surface area contributed by atoms with E-state index in [0.717, 1.165) is 18.0 Å². The second kappa shape index (κ2) is 2.70. The molecule has 0 saturated carbocycles. The highest BCUT2D eigenvalue weighted by Gasteiger charge is 2.25. The van der Waals surface area contributed by atoms with Gasteiger partial charge in [0.15, 0.2) is 0 Å². The summed E-state index contributed by atoms with van der Waals surface area (Å²) in [5.41, 5.74) is 0. The van der Waals surface area contributed by atoms with Crippen molar-refractivity contribution in [2.45, 2.75) is 45.7 Å². The summed E-state index contributed by atoms with van der Waals surface area (Å²) in [5, 5.41) is 3.55. The van der Waals surface area contributed by atoms with Gasteiger partial charge in [-0.3, -0.25) is 0 Å². The van der Waals surface area contributed by atoms with Gasteiger partial charge in [0.2, 0.25) is 0 Å². The van der Waals surface area contributed by atoms with Gasteiger partial charge in [0, 0.05) is 12.1 Å². The lowest BCUT2D eigenvalue weighted by molar-refractivity contribution is 0.467. The van der Waals surface area contributed by atoms with Gasteiger partial charge in [0.05, 0.1) is 0 Å². The fourth-order valence-corrected chi connectivity index (χ4v) is 1.84. The normalized spacial score (nSPS) is 43.7. The Labute approximate surface area is 57.8 Å². The van der Waals surface area contributed by atoms with Crippen molar-refractivity contribution in [3.63, 3.8) is 0 Å². The molecule has 54 valence electrons. The molecule has 0 aromatic carbocycles. The van der Waals surface area contributed by atoms with Crippen LogP contribution in [0.4, 0.5) is 0 Å². The molecule has 0 spiro atoms. The van der Waals surface area contributed by atoms with E-state index < -0.39 is 0 Å². The lowest BCUT2D eigenvalue weighted by Crippen LogP contribution is -2.28. The second-order valence-electron chi connectivity index (χ2n) is 3.30. The predicted molar refractivity (Wildman–Crippen MR) is 40.5 cm³/mol. The van der Waals surface area contributed by atoms with Gasteiger partial charge in [-0.15, -0.1) is 0 Å². The zero-order valence-corrected chi connectivity index (χ0v) is 6.65. The monoisotopic (exact) mass is 127 g/mol. The molecule has 1 nitrogen and oxygen atoms in total. The first kappa shape index (κ1) is 7.07. The Morgan fingerprint density at radius 2 is 2.11 bits per heavy atom. The van der Waals surface area contributed by atoms with Crippen LogP contribution in [0.3, 0.4) is 0 Å². The van der Waals surface area contributed by atoms with Crippen LogP contribution in [0.15, 0.2) is 0 Å². The van der Waals surface area contributed by atoms with Crippen LogP contribution in [-0.2, 0) is 0 Å². The minimum Gasteiger partial charge on any atom is -0.311 e. The molecule has 0 bridgehead atoms. The van der Waals surface area contributed by atoms with E-state index in [1.807, 2.05) is 0 Å². The fourth-order valence-electron chi connectivity index (χ4n) is 1.84. The van der Waals surface area contributed by atoms with E-state index >= 15 is 0 Å². The Bertz CT molecular complexity index is 90.6. The van der Waals surface area contributed by atoms with Crippen molar-refractivity contribution >= 4 is 0 Å². The number of nitrogens with one attached hydrogen (secondary N) is 1. The maximum atomic E-state index is 3.55. The van der Waals surface area contributed by atoms with Crippen LogP contribution in [-0.4, -0.2) is 12.1 Å². The van der Waals surface area contributed by atoms with Gasteiger partial charge in [-0.1, -0.05) is 13.8 Å². The summed E-state index contributed by atoms with van der Waals surface area (Å²) in [6, 6.07) is 1.55. The number of hydrogen-bond donors (Lipinski definition) is 1. The van der Waals surface area contributed by atoms with E-state index in [1.165, 1.54) is 12.8 Å². The van der Waals surface area contributed by atoms with Crippen molar-refractivity contribution < 1.29 is 0 Å². The summed E-state index contributed by atoms with van der Waals surface area (Å²) in [6.07, 6.45) is 2.64. The van der Waals surface area contributed by atoms with Gasteiger partial charge in [-0.25, -0.2) is 0 Å². The summed E-state index contributed by atoms with van der Waals surface area (Å²) in [5.74, 6) is 0.894. The average molecular weight is 127 g/mol. The van der Waals surface area contributed by atoms with Crippen molar-refractivity contribution in [3.8, 4) is 0 Å². The van der Waals surface area contributed by atoms with E-state index in [4.69, 9.17) is 0 Å². The molecule has 1 aliphatic heterocycles. The minimum absolute atomic E-state index is 0.755. The van der Waals surface area contributed by atoms with Crippen LogP contribution in [0.25, 0.3) is 0 Å². The number of hydrogen-bond acceptors (Lipinski definition) is 1. The third-order valence-electron chi connectivity index (χ3n) is 2.35. The smallest absolute Gasteiger partial charge is 0.00931 e. The molecular weight excluding hydrogens is 110 g/mol. The van der Waals surface area contributed by atoms with Crippen LogP contribution in [0.1, 0.15) is 33.6 Å². The SMILES string of the molecule is CC[C@@H]1N[C@H](C)C[C@@H]1C. The van der Waals surface area contributed by atoms with Gasteiger partial charge >= 0.3 is 0 Å². The molecule has 0 aromatic rings. The van der Waals surface area contributed by atoms with E-state index in [-0.39, 0.29) is 0 Å². The van der Waals surface area contributed by atoms with Gasteiger partial charge in [-0.05, 0) is 25.7 Å². The maximum Gasteiger partial charge on any atom is 0.00931 e. The predicted octanol–water partition coefficient (Wildman–Crippen LogP) is 1.78. The zero-order chi connectivity index (χ0) is 6.85. The molecule has 0 amide bonds. The third kappa shape index (κ3) is 1.45. The van der Waals surface area contributed by atoms with E-state index in [2.05, 4.69) is 26.1 Å². The molecule has 0 aromatic heterocycles. The van der Waals surface area contributed by atoms with Crippen LogP contribution < -0.4 is 5.32 Å². The molecule has 1 heteroatoms. The Morgan fingerprint density at radius 1 is 1.44 bits per heavy atom. The maximum absolute atomic E-state index is 3.55. The van der Waals surface area contributed by atoms with Gasteiger partial charge in [0.25, 0.3) is 0 Å². The molecule has 3 atom stereocenters. The Kier molecular flexibility index (Phi) is 2.12. The van der Waals surface area contributed by atoms with Crippen LogP contribution in [0.5, 0.6) is 0 Å². The molecule has 1 fully saturated rings. The summed E-state index contributed by atoms with van der Waals surface area (Å²) in [6.45, 7) is 6.86. The molecule has 9 heavy (non-hydrogen) atoms. The summed E-state index contributed by atoms with van der Waals surface area (Å²) in [4.78, 5) is 0. The first-order valence-corrected chi connectivity index (χ1v) is 4.00. The zero-order valence-electron chi connectivity index (χ0n) is 6.65. The molecule has 1 heterocycles. The molecule has 1 N–H and O–H groups in total. The molecular formula is C8H17N.